The molecule has 0 spiro atoms. The molecule has 0 saturated heterocycles. The van der Waals surface area contributed by atoms with E-state index in [4.69, 9.17) is 0 Å². The van der Waals surface area contributed by atoms with E-state index in [9.17, 15) is 0 Å². The van der Waals surface area contributed by atoms with Crippen molar-refractivity contribution >= 4 is 10.8 Å². The summed E-state index contributed by atoms with van der Waals surface area (Å²) >= 11 is 0. The minimum absolute atomic E-state index is 0. The summed E-state index contributed by atoms with van der Waals surface area (Å²) in [5, 5.41) is 2.73. The van der Waals surface area contributed by atoms with Crippen LogP contribution in [0.5, 0.6) is 0 Å². The molecule has 4 aliphatic rings. The molecule has 0 aliphatic heterocycles. The lowest BCUT2D eigenvalue weighted by Crippen LogP contribution is -3.00. The number of aromatic nitrogens is 1. The van der Waals surface area contributed by atoms with E-state index >= 15 is 0 Å². The Morgan fingerprint density at radius 2 is 1.68 bits per heavy atom. The highest BCUT2D eigenvalue weighted by Crippen LogP contribution is 2.67. The fraction of sp³-hybridized carbons (Fsp3) is 0.694. The number of benzene rings is 1. The Bertz CT molecular complexity index is 1150. The van der Waals surface area contributed by atoms with E-state index in [1.54, 1.807) is 0 Å². The van der Waals surface area contributed by atoms with Gasteiger partial charge in [0.1, 0.15) is 0 Å². The van der Waals surface area contributed by atoms with Gasteiger partial charge in [-0.15, -0.1) is 0 Å². The van der Waals surface area contributed by atoms with Crippen LogP contribution in [-0.4, -0.2) is 0 Å². The number of hydrogen-bond acceptors (Lipinski definition) is 0. The smallest absolute Gasteiger partial charge is 0.176 e. The second-order valence-corrected chi connectivity index (χ2v) is 14.7. The molecule has 2 heteroatoms. The molecule has 2 aromatic rings. The number of pyridine rings is 1. The maximum Gasteiger partial charge on any atom is 0.176 e. The fourth-order valence-corrected chi connectivity index (χ4v) is 10.3. The Kier molecular flexibility index (Phi) is 8.41. The highest BCUT2D eigenvalue weighted by Gasteiger charge is 2.59. The van der Waals surface area contributed by atoms with Gasteiger partial charge < -0.3 is 24.0 Å². The lowest BCUT2D eigenvalue weighted by atomic mass is 9.47. The summed E-state index contributed by atoms with van der Waals surface area (Å²) in [5.74, 6) is 5.54. The van der Waals surface area contributed by atoms with E-state index in [1.807, 2.05) is 5.57 Å². The van der Waals surface area contributed by atoms with Crippen molar-refractivity contribution in [1.29, 1.82) is 0 Å². The van der Waals surface area contributed by atoms with Crippen molar-refractivity contribution in [2.45, 2.75) is 111 Å². The van der Waals surface area contributed by atoms with Crippen LogP contribution < -0.4 is 28.5 Å². The molecular weight excluding hydrogens is 573 g/mol. The van der Waals surface area contributed by atoms with Crippen LogP contribution >= 0.6 is 0 Å². The summed E-state index contributed by atoms with van der Waals surface area (Å²) in [5.41, 5.74) is 2.85. The van der Waals surface area contributed by atoms with Crippen molar-refractivity contribution < 1.29 is 28.5 Å². The summed E-state index contributed by atoms with van der Waals surface area (Å²) < 4.78 is 2.54. The van der Waals surface area contributed by atoms with Gasteiger partial charge >= 0.3 is 0 Å². The molecule has 3 fully saturated rings. The molecule has 6 rings (SSSR count). The molecule has 0 amide bonds. The lowest BCUT2D eigenvalue weighted by molar-refractivity contribution is -0.723. The molecular formula is C36H52IN. The maximum absolute atomic E-state index is 2.76. The average Bonchev–Trinajstić information content (AvgIpc) is 3.25. The highest BCUT2D eigenvalue weighted by atomic mass is 127. The van der Waals surface area contributed by atoms with Crippen molar-refractivity contribution in [2.24, 2.45) is 46.3 Å². The maximum atomic E-state index is 2.76. The summed E-state index contributed by atoms with van der Waals surface area (Å²) in [6, 6.07) is 11.8. The minimum atomic E-state index is 0. The number of fused-ring (bicyclic) bond motifs is 6. The van der Waals surface area contributed by atoms with Gasteiger partial charge in [0, 0.05) is 24.3 Å². The first kappa shape index (κ1) is 28.6. The van der Waals surface area contributed by atoms with E-state index in [1.165, 1.54) is 81.4 Å². The monoisotopic (exact) mass is 625 g/mol. The fourth-order valence-electron chi connectivity index (χ4n) is 10.3. The van der Waals surface area contributed by atoms with Gasteiger partial charge in [0.05, 0.1) is 0 Å². The lowest BCUT2D eigenvalue weighted by Gasteiger charge is -2.58. The van der Waals surface area contributed by atoms with Crippen LogP contribution in [0, 0.1) is 46.3 Å². The van der Waals surface area contributed by atoms with Crippen LogP contribution in [0.4, 0.5) is 0 Å². The summed E-state index contributed by atoms with van der Waals surface area (Å²) in [6.45, 7) is 12.8. The number of hydrogen-bond donors (Lipinski definition) is 0. The van der Waals surface area contributed by atoms with Crippen LogP contribution in [0.2, 0.25) is 0 Å². The predicted octanol–water partition coefficient (Wildman–Crippen LogP) is 6.71. The van der Waals surface area contributed by atoms with Gasteiger partial charge in [0.2, 0.25) is 0 Å². The van der Waals surface area contributed by atoms with Crippen molar-refractivity contribution in [1.82, 2.24) is 0 Å². The first-order chi connectivity index (χ1) is 17.8. The molecule has 0 N–H and O–H groups in total. The largest absolute Gasteiger partial charge is 1.00 e. The second kappa shape index (κ2) is 11.2. The quantitative estimate of drug-likeness (QED) is 0.191. The van der Waals surface area contributed by atoms with Crippen LogP contribution in [-0.2, 0) is 0 Å². The third-order valence-corrected chi connectivity index (χ3v) is 12.4. The van der Waals surface area contributed by atoms with Crippen LogP contribution in [0.3, 0.4) is 0 Å². The molecule has 0 bridgehead atoms. The molecule has 0 radical (unpaired) electrons. The summed E-state index contributed by atoms with van der Waals surface area (Å²) in [7, 11) is 0. The number of allylic oxidation sites excluding steroid dienone is 2. The van der Waals surface area contributed by atoms with Gasteiger partial charge in [-0.05, 0) is 96.3 Å². The number of nitrogens with zero attached hydrogens (tertiary/aromatic N) is 1. The standard InChI is InChI=1S/C36H52N.HI/c1-25(2)9-8-10-26(3)32-15-16-33-31-14-13-29-23-30(37-22-19-27-11-6-7-12-28(27)24-37)17-20-35(29,4)34(31)18-21-36(32,33)5;/h6-7,11-13,19,22,24-26,30-34H,8-10,14-18,20-21,23H2,1-5H3;1H/q+1;/p-1. The van der Waals surface area contributed by atoms with Gasteiger partial charge in [-0.2, -0.15) is 0 Å². The third kappa shape index (κ3) is 4.92. The molecule has 1 nitrogen and oxygen atoms in total. The molecule has 8 atom stereocenters. The van der Waals surface area contributed by atoms with Gasteiger partial charge in [-0.1, -0.05) is 83.7 Å². The van der Waals surface area contributed by atoms with Gasteiger partial charge in [-0.25, -0.2) is 4.57 Å². The molecule has 3 saturated carbocycles. The van der Waals surface area contributed by atoms with E-state index in [0.717, 1.165) is 35.5 Å². The van der Waals surface area contributed by atoms with E-state index in [-0.39, 0.29) is 24.0 Å². The molecule has 4 aliphatic carbocycles. The third-order valence-electron chi connectivity index (χ3n) is 12.4. The Morgan fingerprint density at radius 3 is 2.47 bits per heavy atom. The van der Waals surface area contributed by atoms with Gasteiger partial charge in [0.15, 0.2) is 18.4 Å². The Labute approximate surface area is 250 Å². The second-order valence-electron chi connectivity index (χ2n) is 14.7. The first-order valence-electron chi connectivity index (χ1n) is 15.9. The molecule has 8 unspecified atom stereocenters. The van der Waals surface area contributed by atoms with Crippen LogP contribution in [0.15, 0.2) is 54.4 Å². The molecule has 1 aromatic heterocycles. The SMILES string of the molecule is CC(C)CCCC(C)C1CCC2C3CC=C4CC([n+]5ccc6ccccc6c5)CCC4(C)C3CCC12C.[I-]. The van der Waals surface area contributed by atoms with E-state index in [2.05, 4.69) is 88.0 Å². The van der Waals surface area contributed by atoms with Gasteiger partial charge in [-0.3, -0.25) is 0 Å². The van der Waals surface area contributed by atoms with Crippen molar-refractivity contribution in [3.8, 4) is 0 Å². The Balaban J connectivity index is 0.00000294. The highest BCUT2D eigenvalue weighted by molar-refractivity contribution is 5.80. The molecule has 208 valence electrons. The summed E-state index contributed by atoms with van der Waals surface area (Å²) in [4.78, 5) is 0. The van der Waals surface area contributed by atoms with E-state index < -0.39 is 0 Å². The number of halogens is 1. The van der Waals surface area contributed by atoms with E-state index in [0.29, 0.717) is 16.9 Å². The zero-order chi connectivity index (χ0) is 25.8. The topological polar surface area (TPSA) is 3.88 Å². The normalized spacial score (nSPS) is 37.1. The van der Waals surface area contributed by atoms with Crippen LogP contribution in [0.25, 0.3) is 10.8 Å². The molecule has 38 heavy (non-hydrogen) atoms. The predicted molar refractivity (Wildman–Crippen MR) is 156 cm³/mol. The zero-order valence-electron chi connectivity index (χ0n) is 24.8. The Morgan fingerprint density at radius 1 is 0.895 bits per heavy atom. The molecule has 1 heterocycles. The molecule has 1 aromatic carbocycles. The zero-order valence-corrected chi connectivity index (χ0v) is 26.9. The van der Waals surface area contributed by atoms with Crippen molar-refractivity contribution in [3.63, 3.8) is 0 Å². The van der Waals surface area contributed by atoms with Gasteiger partial charge in [0.25, 0.3) is 0 Å². The first-order valence-corrected chi connectivity index (χ1v) is 15.9. The number of rotatable bonds is 6. The van der Waals surface area contributed by atoms with Crippen molar-refractivity contribution in [2.75, 3.05) is 0 Å². The van der Waals surface area contributed by atoms with Crippen molar-refractivity contribution in [3.05, 3.63) is 54.4 Å². The average molecular weight is 626 g/mol. The minimum Gasteiger partial charge on any atom is -1.00 e. The summed E-state index contributed by atoms with van der Waals surface area (Å²) in [6.07, 6.45) is 23.1. The Hall–Kier alpha value is -0.900. The van der Waals surface area contributed by atoms with Crippen LogP contribution in [0.1, 0.15) is 111 Å².